The molecule has 0 spiro atoms. The molecule has 0 aliphatic heterocycles. The fraction of sp³-hybridized carbons (Fsp3) is 1.00. The van der Waals surface area contributed by atoms with Crippen LogP contribution in [-0.4, -0.2) is 29.4 Å². The van der Waals surface area contributed by atoms with E-state index in [1.807, 2.05) is 0 Å². The summed E-state index contributed by atoms with van der Waals surface area (Å²) in [5, 5.41) is 8.75. The predicted molar refractivity (Wildman–Crippen MR) is 119 cm³/mol. The maximum atomic E-state index is 11.1. The van der Waals surface area contributed by atoms with Crippen LogP contribution in [0.5, 0.6) is 0 Å². The topological polar surface area (TPSA) is 77.4 Å². The van der Waals surface area contributed by atoms with E-state index in [9.17, 15) is 18.1 Å². The molecule has 0 aromatic rings. The fourth-order valence-electron chi connectivity index (χ4n) is 3.93. The van der Waals surface area contributed by atoms with Crippen molar-refractivity contribution >= 4 is 10.1 Å². The van der Waals surface area contributed by atoms with E-state index in [0.29, 0.717) is 6.42 Å². The average Bonchev–Trinajstić information content (AvgIpc) is 2.63. The van der Waals surface area contributed by atoms with Gasteiger partial charge in [0.05, 0.1) is 11.4 Å². The van der Waals surface area contributed by atoms with Crippen LogP contribution in [0.4, 0.5) is 0 Å². The van der Waals surface area contributed by atoms with Gasteiger partial charge in [-0.25, -0.2) is 8.42 Å². The molecule has 0 aromatic carbocycles. The van der Waals surface area contributed by atoms with Crippen LogP contribution in [0.2, 0.25) is 0 Å². The molecule has 6 heteroatoms. The van der Waals surface area contributed by atoms with Crippen molar-refractivity contribution in [1.29, 1.82) is 0 Å². The quantitative estimate of drug-likeness (QED) is 0.167. The Hall–Kier alpha value is 0.870. The Balaban J connectivity index is 0. The Morgan fingerprint density at radius 3 is 1.24 bits per heavy atom. The molecule has 0 saturated heterocycles. The summed E-state index contributed by atoms with van der Waals surface area (Å²) in [7, 11) is -4.39. The largest absolute Gasteiger partial charge is 1.00 e. The number of unbranched alkanes of at least 4 members (excludes halogenated alkanes) is 16. The van der Waals surface area contributed by atoms with Crippen LogP contribution in [0.15, 0.2) is 0 Å². The molecule has 1 N–H and O–H groups in total. The monoisotopic (exact) mass is 442 g/mol. The van der Waals surface area contributed by atoms with Crippen molar-refractivity contribution in [2.75, 3.05) is 0 Å². The fourth-order valence-corrected chi connectivity index (χ4v) is 4.86. The summed E-state index contributed by atoms with van der Waals surface area (Å²) >= 11 is 0. The van der Waals surface area contributed by atoms with E-state index < -0.39 is 21.5 Å². The number of aliphatic hydroxyl groups is 1. The van der Waals surface area contributed by atoms with Gasteiger partial charge in [-0.05, 0) is 12.8 Å². The van der Waals surface area contributed by atoms with E-state index in [1.54, 1.807) is 6.92 Å². The van der Waals surface area contributed by atoms with Gasteiger partial charge in [-0.3, -0.25) is 0 Å². The van der Waals surface area contributed by atoms with Crippen LogP contribution in [0.25, 0.3) is 0 Å². The van der Waals surface area contributed by atoms with Crippen LogP contribution >= 0.6 is 0 Å². The summed E-state index contributed by atoms with van der Waals surface area (Å²) in [5.74, 6) is 0. The van der Waals surface area contributed by atoms with Crippen molar-refractivity contribution in [2.24, 2.45) is 0 Å². The van der Waals surface area contributed by atoms with Crippen molar-refractivity contribution in [3.05, 3.63) is 0 Å². The first kappa shape index (κ1) is 32.1. The smallest absolute Gasteiger partial charge is 0.748 e. The first-order chi connectivity index (χ1) is 13.4. The van der Waals surface area contributed by atoms with Gasteiger partial charge in [-0.2, -0.15) is 0 Å². The van der Waals surface area contributed by atoms with E-state index in [-0.39, 0.29) is 36.0 Å². The van der Waals surface area contributed by atoms with E-state index in [1.165, 1.54) is 89.9 Å². The molecule has 29 heavy (non-hydrogen) atoms. The second kappa shape index (κ2) is 22.1. The van der Waals surface area contributed by atoms with Gasteiger partial charge in [0.15, 0.2) is 0 Å². The third kappa shape index (κ3) is 20.5. The van der Waals surface area contributed by atoms with Crippen molar-refractivity contribution < 1.29 is 47.6 Å². The van der Waals surface area contributed by atoms with Gasteiger partial charge in [-0.1, -0.05) is 123 Å². The van der Waals surface area contributed by atoms with Crippen molar-refractivity contribution in [3.8, 4) is 0 Å². The number of aliphatic hydroxyl groups excluding tert-OH is 1. The third-order valence-electron chi connectivity index (χ3n) is 5.81. The second-order valence-corrected chi connectivity index (χ2v) is 10.0. The van der Waals surface area contributed by atoms with Crippen LogP contribution in [0.1, 0.15) is 136 Å². The zero-order chi connectivity index (χ0) is 21.1. The molecule has 0 aromatic heterocycles. The molecule has 0 saturated carbocycles. The molecule has 2 unspecified atom stereocenters. The Morgan fingerprint density at radius 2 is 0.966 bits per heavy atom. The van der Waals surface area contributed by atoms with Crippen LogP contribution < -0.4 is 29.6 Å². The molecule has 0 aliphatic carbocycles. The van der Waals surface area contributed by atoms with Gasteiger partial charge in [-0.15, -0.1) is 0 Å². The molecule has 0 radical (unpaired) electrons. The Bertz CT molecular complexity index is 429. The van der Waals surface area contributed by atoms with Gasteiger partial charge < -0.3 is 9.66 Å². The van der Waals surface area contributed by atoms with Crippen molar-refractivity contribution in [1.82, 2.24) is 0 Å². The summed E-state index contributed by atoms with van der Waals surface area (Å²) in [6.45, 7) is 3.90. The first-order valence-electron chi connectivity index (χ1n) is 12.1. The van der Waals surface area contributed by atoms with Gasteiger partial charge in [0.2, 0.25) is 0 Å². The van der Waals surface area contributed by atoms with Crippen molar-refractivity contribution in [2.45, 2.75) is 147 Å². The molecule has 0 aliphatic rings. The summed E-state index contributed by atoms with van der Waals surface area (Å²) in [6.07, 6.45) is 21.6. The predicted octanol–water partition coefficient (Wildman–Crippen LogP) is 3.72. The first-order valence-corrected chi connectivity index (χ1v) is 13.5. The van der Waals surface area contributed by atoms with E-state index >= 15 is 0 Å². The van der Waals surface area contributed by atoms with E-state index in [4.69, 9.17) is 0 Å². The number of hydrogen-bond donors (Lipinski definition) is 1. The molecule has 0 amide bonds. The van der Waals surface area contributed by atoms with Crippen molar-refractivity contribution in [3.63, 3.8) is 0 Å². The van der Waals surface area contributed by atoms with E-state index in [2.05, 4.69) is 6.92 Å². The molecule has 2 atom stereocenters. The molecule has 170 valence electrons. The molecule has 0 fully saturated rings. The third-order valence-corrected chi connectivity index (χ3v) is 7.19. The number of hydrogen-bond acceptors (Lipinski definition) is 4. The minimum absolute atomic E-state index is 0. The molecule has 0 heterocycles. The zero-order valence-electron chi connectivity index (χ0n) is 19.7. The zero-order valence-corrected chi connectivity index (χ0v) is 22.5. The standard InChI is InChI=1S/C23H48O4S.Na/c1-3-5-6-7-8-9-10-11-12-13-14-15-16-17-18-19-20-21-22(24)23(4-2)28(25,26)27;/h22-24H,3-21H2,1-2H3,(H,25,26,27);/q;+1/p-1. The normalized spacial score (nSPS) is 13.8. The second-order valence-electron chi connectivity index (χ2n) is 8.45. The van der Waals surface area contributed by atoms with Gasteiger partial charge in [0, 0.05) is 0 Å². The summed E-state index contributed by atoms with van der Waals surface area (Å²) in [5.41, 5.74) is 0. The molecule has 0 bridgehead atoms. The maximum absolute atomic E-state index is 11.1. The van der Waals surface area contributed by atoms with Gasteiger partial charge >= 0.3 is 29.6 Å². The van der Waals surface area contributed by atoms with Crippen LogP contribution in [0.3, 0.4) is 0 Å². The van der Waals surface area contributed by atoms with Crippen LogP contribution in [0, 0.1) is 0 Å². The molecule has 0 rings (SSSR count). The maximum Gasteiger partial charge on any atom is 1.00 e. The van der Waals surface area contributed by atoms with Gasteiger partial charge in [0.1, 0.15) is 10.1 Å². The van der Waals surface area contributed by atoms with Gasteiger partial charge in [0.25, 0.3) is 0 Å². The molecule has 4 nitrogen and oxygen atoms in total. The minimum atomic E-state index is -4.39. The Morgan fingerprint density at radius 1 is 0.655 bits per heavy atom. The Kier molecular flexibility index (Phi) is 24.4. The minimum Gasteiger partial charge on any atom is -0.748 e. The van der Waals surface area contributed by atoms with E-state index in [0.717, 1.165) is 19.3 Å². The number of rotatable bonds is 21. The summed E-state index contributed by atoms with van der Waals surface area (Å²) < 4.78 is 33.2. The Labute approximate surface area is 204 Å². The average molecular weight is 443 g/mol. The summed E-state index contributed by atoms with van der Waals surface area (Å²) in [6, 6.07) is 0. The van der Waals surface area contributed by atoms with Crippen LogP contribution in [-0.2, 0) is 10.1 Å². The molecular formula is C23H47NaO4S. The summed E-state index contributed by atoms with van der Waals surface area (Å²) in [4.78, 5) is 0. The SMILES string of the molecule is CCCCCCCCCCCCCCCCCCCC(O)C(CC)S(=O)(=O)[O-].[Na+]. The molecular weight excluding hydrogens is 395 g/mol.